The standard InChI is InChI=1S/C30H36N4O5S/c1-19(2)13-24-17-39-27-16-26(28-20(3)7-5-8-22(28)14-21-11-12-21)32-30(33-27)34(18-38-4)40(36,37)25-10-6-9-23(15-25)29(35)31-24/h5-10,15-16,19,21,24H,11-14,17-18H2,1-4H3,(H,31,35)/t24-/m1/s1. The molecule has 2 heterocycles. The molecular weight excluding hydrogens is 528 g/mol. The van der Waals surface area contributed by atoms with Crippen molar-refractivity contribution in [3.05, 3.63) is 65.2 Å². The number of hydrogen-bond donors (Lipinski definition) is 1. The first kappa shape index (κ1) is 28.0. The molecule has 212 valence electrons. The van der Waals surface area contributed by atoms with Gasteiger partial charge in [0, 0.05) is 24.3 Å². The highest BCUT2D eigenvalue weighted by molar-refractivity contribution is 7.92. The van der Waals surface area contributed by atoms with E-state index in [4.69, 9.17) is 14.5 Å². The molecule has 2 aromatic carbocycles. The summed E-state index contributed by atoms with van der Waals surface area (Å²) in [5.74, 6) is 0.747. The molecule has 0 saturated heterocycles. The summed E-state index contributed by atoms with van der Waals surface area (Å²) < 4.78 is 40.4. The summed E-state index contributed by atoms with van der Waals surface area (Å²) >= 11 is 0. The van der Waals surface area contributed by atoms with Gasteiger partial charge in [-0.3, -0.25) is 4.79 Å². The molecule has 1 atom stereocenters. The van der Waals surface area contributed by atoms with Crippen molar-refractivity contribution in [1.82, 2.24) is 15.3 Å². The van der Waals surface area contributed by atoms with E-state index in [0.717, 1.165) is 27.4 Å². The van der Waals surface area contributed by atoms with E-state index in [1.165, 1.54) is 32.1 Å². The summed E-state index contributed by atoms with van der Waals surface area (Å²) in [7, 11) is -2.79. The molecule has 10 heteroatoms. The van der Waals surface area contributed by atoms with Gasteiger partial charge < -0.3 is 14.8 Å². The Bertz CT molecular complexity index is 1500. The van der Waals surface area contributed by atoms with E-state index in [0.29, 0.717) is 24.0 Å². The lowest BCUT2D eigenvalue weighted by molar-refractivity contribution is 0.0913. The van der Waals surface area contributed by atoms with Gasteiger partial charge in [-0.05, 0) is 73.8 Å². The Kier molecular flexibility index (Phi) is 8.09. The number of carbonyl (C=O) groups excluding carboxylic acids is 1. The fourth-order valence-electron chi connectivity index (χ4n) is 5.09. The summed E-state index contributed by atoms with van der Waals surface area (Å²) in [6.45, 7) is 6.02. The Balaban J connectivity index is 1.69. The SMILES string of the molecule is COCN1c2nc(cc(-c3c(C)cccc3CC3CC3)n2)OC[C@@H](CC(C)C)NC(=O)c2cccc(c2)S1(=O)=O. The molecule has 0 unspecified atom stereocenters. The first-order chi connectivity index (χ1) is 19.2. The van der Waals surface area contributed by atoms with Crippen molar-refractivity contribution in [2.45, 2.75) is 57.4 Å². The highest BCUT2D eigenvalue weighted by atomic mass is 32.2. The van der Waals surface area contributed by atoms with Gasteiger partial charge in [0.2, 0.25) is 11.8 Å². The molecule has 1 N–H and O–H groups in total. The number of carbonyl (C=O) groups is 1. The Morgan fingerprint density at radius 3 is 2.62 bits per heavy atom. The third-order valence-electron chi connectivity index (χ3n) is 7.19. The number of benzene rings is 2. The second-order valence-electron chi connectivity index (χ2n) is 11.1. The zero-order valence-electron chi connectivity index (χ0n) is 23.4. The number of methoxy groups -OCH3 is 1. The average molecular weight is 565 g/mol. The van der Waals surface area contributed by atoms with Gasteiger partial charge in [-0.2, -0.15) is 4.98 Å². The Morgan fingerprint density at radius 2 is 1.90 bits per heavy atom. The van der Waals surface area contributed by atoms with Crippen LogP contribution in [0.25, 0.3) is 11.3 Å². The van der Waals surface area contributed by atoms with Crippen LogP contribution in [0, 0.1) is 18.8 Å². The second kappa shape index (κ2) is 11.5. The smallest absolute Gasteiger partial charge is 0.268 e. The average Bonchev–Trinajstić information content (AvgIpc) is 3.73. The highest BCUT2D eigenvalue weighted by Gasteiger charge is 2.31. The summed E-state index contributed by atoms with van der Waals surface area (Å²) in [6, 6.07) is 13.6. The Hall–Kier alpha value is -3.50. The van der Waals surface area contributed by atoms with Crippen LogP contribution in [0.4, 0.5) is 5.95 Å². The molecule has 3 aromatic rings. The number of aromatic nitrogens is 2. The van der Waals surface area contributed by atoms with Gasteiger partial charge in [-0.25, -0.2) is 17.7 Å². The number of aryl methyl sites for hydroxylation is 1. The normalized spacial score (nSPS) is 18.8. The number of sulfonamides is 1. The number of anilines is 1. The van der Waals surface area contributed by atoms with Crippen molar-refractivity contribution in [3.8, 4) is 17.1 Å². The van der Waals surface area contributed by atoms with Gasteiger partial charge in [-0.1, -0.05) is 38.1 Å². The Morgan fingerprint density at radius 1 is 1.12 bits per heavy atom. The molecule has 1 saturated carbocycles. The molecule has 4 bridgehead atoms. The molecule has 1 aromatic heterocycles. The molecule has 40 heavy (non-hydrogen) atoms. The third kappa shape index (κ3) is 6.13. The van der Waals surface area contributed by atoms with Crippen molar-refractivity contribution in [2.24, 2.45) is 11.8 Å². The maximum absolute atomic E-state index is 13.9. The minimum absolute atomic E-state index is 0.0562. The lowest BCUT2D eigenvalue weighted by atomic mass is 9.95. The van der Waals surface area contributed by atoms with Crippen molar-refractivity contribution in [2.75, 3.05) is 24.8 Å². The number of fused-ring (bicyclic) bond motifs is 4. The van der Waals surface area contributed by atoms with Gasteiger partial charge in [0.05, 0.1) is 16.6 Å². The summed E-state index contributed by atoms with van der Waals surface area (Å²) in [5.41, 5.74) is 3.97. The number of nitrogens with one attached hydrogen (secondary N) is 1. The monoisotopic (exact) mass is 564 g/mol. The predicted molar refractivity (Wildman–Crippen MR) is 153 cm³/mol. The van der Waals surface area contributed by atoms with Gasteiger partial charge in [0.25, 0.3) is 15.9 Å². The topological polar surface area (TPSA) is 111 Å². The minimum atomic E-state index is -4.20. The molecule has 1 amide bonds. The van der Waals surface area contributed by atoms with Crippen LogP contribution in [-0.4, -0.2) is 50.8 Å². The molecule has 5 rings (SSSR count). The molecule has 2 aliphatic rings. The molecule has 0 radical (unpaired) electrons. The highest BCUT2D eigenvalue weighted by Crippen LogP contribution is 2.38. The number of ether oxygens (including phenoxy) is 2. The van der Waals surface area contributed by atoms with Crippen LogP contribution in [-0.2, 0) is 21.2 Å². The predicted octanol–water partition coefficient (Wildman–Crippen LogP) is 4.74. The van der Waals surface area contributed by atoms with Crippen LogP contribution < -0.4 is 14.4 Å². The molecule has 9 nitrogen and oxygen atoms in total. The zero-order chi connectivity index (χ0) is 28.4. The quantitative estimate of drug-likeness (QED) is 0.441. The summed E-state index contributed by atoms with van der Waals surface area (Å²) in [5, 5.41) is 3.02. The lowest BCUT2D eigenvalue weighted by Crippen LogP contribution is -2.40. The molecule has 1 aliphatic carbocycles. The minimum Gasteiger partial charge on any atom is -0.475 e. The van der Waals surface area contributed by atoms with E-state index in [9.17, 15) is 13.2 Å². The fourth-order valence-corrected chi connectivity index (χ4v) is 6.42. The first-order valence-electron chi connectivity index (χ1n) is 13.7. The number of nitrogens with zero attached hydrogens (tertiary/aromatic N) is 3. The van der Waals surface area contributed by atoms with Gasteiger partial charge >= 0.3 is 0 Å². The first-order valence-corrected chi connectivity index (χ1v) is 15.1. The number of hydrogen-bond acceptors (Lipinski definition) is 7. The maximum atomic E-state index is 13.9. The van der Waals surface area contributed by atoms with Gasteiger partial charge in [-0.15, -0.1) is 0 Å². The van der Waals surface area contributed by atoms with Gasteiger partial charge in [0.15, 0.2) is 0 Å². The number of amides is 1. The van der Waals surface area contributed by atoms with E-state index < -0.39 is 10.0 Å². The molecular formula is C30H36N4O5S. The third-order valence-corrected chi connectivity index (χ3v) is 8.89. The van der Waals surface area contributed by atoms with E-state index in [1.54, 1.807) is 18.2 Å². The van der Waals surface area contributed by atoms with Crippen molar-refractivity contribution in [3.63, 3.8) is 0 Å². The van der Waals surface area contributed by atoms with E-state index in [2.05, 4.69) is 30.2 Å². The summed E-state index contributed by atoms with van der Waals surface area (Å²) in [4.78, 5) is 22.4. The van der Waals surface area contributed by atoms with Crippen LogP contribution in [0.15, 0.2) is 53.4 Å². The van der Waals surface area contributed by atoms with Gasteiger partial charge in [0.1, 0.15) is 13.3 Å². The fraction of sp³-hybridized carbons (Fsp3) is 0.433. The van der Waals surface area contributed by atoms with Crippen LogP contribution in [0.1, 0.15) is 54.6 Å². The molecule has 1 aliphatic heterocycles. The zero-order valence-corrected chi connectivity index (χ0v) is 24.2. The van der Waals surface area contributed by atoms with Crippen molar-refractivity contribution in [1.29, 1.82) is 0 Å². The van der Waals surface area contributed by atoms with Crippen LogP contribution in [0.2, 0.25) is 0 Å². The Labute approximate surface area is 236 Å². The van der Waals surface area contributed by atoms with E-state index in [1.807, 2.05) is 19.1 Å². The van der Waals surface area contributed by atoms with Crippen LogP contribution in [0.3, 0.4) is 0 Å². The van der Waals surface area contributed by atoms with Crippen molar-refractivity contribution >= 4 is 21.9 Å². The van der Waals surface area contributed by atoms with E-state index in [-0.39, 0.29) is 47.6 Å². The van der Waals surface area contributed by atoms with Crippen molar-refractivity contribution < 1.29 is 22.7 Å². The van der Waals surface area contributed by atoms with Crippen LogP contribution in [0.5, 0.6) is 5.88 Å². The molecule has 1 fully saturated rings. The maximum Gasteiger partial charge on any atom is 0.268 e. The molecule has 0 spiro atoms. The second-order valence-corrected chi connectivity index (χ2v) is 12.9. The number of rotatable bonds is 7. The largest absolute Gasteiger partial charge is 0.475 e. The van der Waals surface area contributed by atoms with Crippen LogP contribution >= 0.6 is 0 Å². The van der Waals surface area contributed by atoms with E-state index >= 15 is 0 Å². The lowest BCUT2D eigenvalue weighted by Gasteiger charge is -2.23. The summed E-state index contributed by atoms with van der Waals surface area (Å²) in [6.07, 6.45) is 4.02.